The first-order chi connectivity index (χ1) is 13.1. The summed E-state index contributed by atoms with van der Waals surface area (Å²) >= 11 is 1.14. The maximum Gasteiger partial charge on any atom is 0.286 e. The third-order valence-electron chi connectivity index (χ3n) is 3.69. The molecule has 6 nitrogen and oxygen atoms in total. The van der Waals surface area contributed by atoms with Crippen molar-refractivity contribution >= 4 is 28.8 Å². The maximum absolute atomic E-state index is 13.5. The Morgan fingerprint density at radius 1 is 1.00 bits per heavy atom. The number of aromatic nitrogens is 2. The van der Waals surface area contributed by atoms with Gasteiger partial charge in [-0.1, -0.05) is 47.7 Å². The van der Waals surface area contributed by atoms with Crippen LogP contribution in [-0.2, 0) is 17.8 Å². The lowest BCUT2D eigenvalue weighted by Crippen LogP contribution is -2.23. The van der Waals surface area contributed by atoms with E-state index >= 15 is 0 Å². The number of halogens is 1. The molecule has 0 saturated heterocycles. The second-order valence-corrected chi connectivity index (χ2v) is 6.75. The smallest absolute Gasteiger partial charge is 0.286 e. The molecule has 1 aromatic heterocycles. The van der Waals surface area contributed by atoms with Crippen molar-refractivity contribution in [3.8, 4) is 0 Å². The molecule has 0 fully saturated rings. The van der Waals surface area contributed by atoms with Crippen LogP contribution in [0.4, 0.5) is 10.1 Å². The van der Waals surface area contributed by atoms with Crippen molar-refractivity contribution in [3.63, 3.8) is 0 Å². The van der Waals surface area contributed by atoms with Gasteiger partial charge in [-0.05, 0) is 18.2 Å². The molecular weight excluding hydrogens is 367 g/mol. The molecule has 0 bridgehead atoms. The highest BCUT2D eigenvalue weighted by Crippen LogP contribution is 2.14. The predicted octanol–water partition coefficient (Wildman–Crippen LogP) is 3.18. The average molecular weight is 384 g/mol. The van der Waals surface area contributed by atoms with E-state index in [1.807, 2.05) is 18.2 Å². The van der Waals surface area contributed by atoms with Crippen LogP contribution in [0.15, 0.2) is 54.6 Å². The predicted molar refractivity (Wildman–Crippen MR) is 101 cm³/mol. The summed E-state index contributed by atoms with van der Waals surface area (Å²) in [4.78, 5) is 24.1. The number of para-hydroxylation sites is 1. The lowest BCUT2D eigenvalue weighted by atomic mass is 10.2. The second-order valence-electron chi connectivity index (χ2n) is 5.69. The first kappa shape index (κ1) is 18.7. The fourth-order valence-corrected chi connectivity index (χ4v) is 3.03. The Balaban J connectivity index is 1.47. The Labute approximate surface area is 159 Å². The molecule has 2 aromatic carbocycles. The van der Waals surface area contributed by atoms with Crippen LogP contribution < -0.4 is 10.6 Å². The van der Waals surface area contributed by atoms with E-state index in [1.54, 1.807) is 30.3 Å². The molecule has 3 aromatic rings. The van der Waals surface area contributed by atoms with Crippen LogP contribution in [0.2, 0.25) is 0 Å². The Bertz CT molecular complexity index is 930. The normalized spacial score (nSPS) is 10.4. The SMILES string of the molecule is O=C(CCc1nnc(C(=O)Nc2ccccc2)s1)NCc1ccccc1F. The van der Waals surface area contributed by atoms with Gasteiger partial charge in [-0.2, -0.15) is 0 Å². The highest BCUT2D eigenvalue weighted by atomic mass is 32.1. The van der Waals surface area contributed by atoms with E-state index in [0.29, 0.717) is 22.7 Å². The van der Waals surface area contributed by atoms with Gasteiger partial charge < -0.3 is 10.6 Å². The van der Waals surface area contributed by atoms with Crippen molar-refractivity contribution in [1.29, 1.82) is 0 Å². The average Bonchev–Trinajstić information content (AvgIpc) is 3.16. The van der Waals surface area contributed by atoms with Gasteiger partial charge in [0.2, 0.25) is 10.9 Å². The molecule has 138 valence electrons. The summed E-state index contributed by atoms with van der Waals surface area (Å²) in [5.74, 6) is -0.909. The van der Waals surface area contributed by atoms with Crippen molar-refractivity contribution in [2.24, 2.45) is 0 Å². The highest BCUT2D eigenvalue weighted by molar-refractivity contribution is 7.13. The number of carbonyl (C=O) groups excluding carboxylic acids is 2. The monoisotopic (exact) mass is 384 g/mol. The van der Waals surface area contributed by atoms with Crippen molar-refractivity contribution in [3.05, 3.63) is 76.0 Å². The van der Waals surface area contributed by atoms with Crippen LogP contribution in [0.25, 0.3) is 0 Å². The zero-order valence-electron chi connectivity index (χ0n) is 14.3. The van der Waals surface area contributed by atoms with E-state index in [1.165, 1.54) is 6.07 Å². The summed E-state index contributed by atoms with van der Waals surface area (Å²) in [6, 6.07) is 15.3. The van der Waals surface area contributed by atoms with Gasteiger partial charge in [0.1, 0.15) is 10.8 Å². The summed E-state index contributed by atoms with van der Waals surface area (Å²) in [5.41, 5.74) is 1.11. The minimum atomic E-state index is -0.351. The lowest BCUT2D eigenvalue weighted by molar-refractivity contribution is -0.121. The molecule has 8 heteroatoms. The topological polar surface area (TPSA) is 84.0 Å². The van der Waals surface area contributed by atoms with E-state index in [9.17, 15) is 14.0 Å². The Morgan fingerprint density at radius 3 is 2.52 bits per heavy atom. The molecule has 1 heterocycles. The van der Waals surface area contributed by atoms with Crippen molar-refractivity contribution in [1.82, 2.24) is 15.5 Å². The molecule has 0 spiro atoms. The van der Waals surface area contributed by atoms with Gasteiger partial charge in [0.05, 0.1) is 0 Å². The maximum atomic E-state index is 13.5. The van der Waals surface area contributed by atoms with Gasteiger partial charge in [-0.15, -0.1) is 10.2 Å². The molecule has 0 radical (unpaired) electrons. The van der Waals surface area contributed by atoms with E-state index in [-0.39, 0.29) is 35.6 Å². The van der Waals surface area contributed by atoms with Crippen molar-refractivity contribution in [2.45, 2.75) is 19.4 Å². The highest BCUT2D eigenvalue weighted by Gasteiger charge is 2.14. The van der Waals surface area contributed by atoms with Gasteiger partial charge in [-0.3, -0.25) is 9.59 Å². The van der Waals surface area contributed by atoms with Crippen LogP contribution in [0.1, 0.15) is 26.8 Å². The van der Waals surface area contributed by atoms with E-state index in [4.69, 9.17) is 0 Å². The number of hydrogen-bond donors (Lipinski definition) is 2. The van der Waals surface area contributed by atoms with Gasteiger partial charge in [0.15, 0.2) is 0 Å². The molecule has 0 atom stereocenters. The van der Waals surface area contributed by atoms with Crippen molar-refractivity contribution in [2.75, 3.05) is 5.32 Å². The fourth-order valence-electron chi connectivity index (χ4n) is 2.30. The zero-order valence-corrected chi connectivity index (χ0v) is 15.1. The molecule has 0 unspecified atom stereocenters. The summed E-state index contributed by atoms with van der Waals surface area (Å²) in [6.07, 6.45) is 0.544. The lowest BCUT2D eigenvalue weighted by Gasteiger charge is -2.05. The number of anilines is 1. The third-order valence-corrected chi connectivity index (χ3v) is 4.67. The number of carbonyl (C=O) groups is 2. The standard InChI is InChI=1S/C19H17FN4O2S/c20-15-9-5-4-6-13(15)12-21-16(25)10-11-17-23-24-19(27-17)18(26)22-14-7-2-1-3-8-14/h1-9H,10-12H2,(H,21,25)(H,22,26). The molecule has 0 saturated carbocycles. The summed E-state index contributed by atoms with van der Waals surface area (Å²) in [5, 5.41) is 14.1. The third kappa shape index (κ3) is 5.42. The summed E-state index contributed by atoms with van der Waals surface area (Å²) in [6.45, 7) is 0.131. The first-order valence-electron chi connectivity index (χ1n) is 8.30. The molecule has 27 heavy (non-hydrogen) atoms. The Hall–Kier alpha value is -3.13. The quantitative estimate of drug-likeness (QED) is 0.655. The van der Waals surface area contributed by atoms with Crippen molar-refractivity contribution < 1.29 is 14.0 Å². The Kier molecular flexibility index (Phi) is 6.22. The number of amides is 2. The van der Waals surface area contributed by atoms with Crippen LogP contribution >= 0.6 is 11.3 Å². The first-order valence-corrected chi connectivity index (χ1v) is 9.12. The van der Waals surface area contributed by atoms with Gasteiger partial charge in [0.25, 0.3) is 5.91 Å². The fraction of sp³-hybridized carbons (Fsp3) is 0.158. The van der Waals surface area contributed by atoms with Crippen LogP contribution in [0, 0.1) is 5.82 Å². The largest absolute Gasteiger partial charge is 0.352 e. The molecule has 2 N–H and O–H groups in total. The number of rotatable bonds is 7. The number of aryl methyl sites for hydroxylation is 1. The Morgan fingerprint density at radius 2 is 1.74 bits per heavy atom. The number of hydrogen-bond acceptors (Lipinski definition) is 5. The molecular formula is C19H17FN4O2S. The number of nitrogens with one attached hydrogen (secondary N) is 2. The number of nitrogens with zero attached hydrogens (tertiary/aromatic N) is 2. The molecule has 0 aliphatic rings. The molecule has 0 aliphatic heterocycles. The molecule has 2 amide bonds. The zero-order chi connectivity index (χ0) is 19.1. The molecule has 3 rings (SSSR count). The van der Waals surface area contributed by atoms with E-state index in [2.05, 4.69) is 20.8 Å². The van der Waals surface area contributed by atoms with Crippen LogP contribution in [-0.4, -0.2) is 22.0 Å². The van der Waals surface area contributed by atoms with E-state index < -0.39 is 0 Å². The minimum Gasteiger partial charge on any atom is -0.352 e. The van der Waals surface area contributed by atoms with Gasteiger partial charge in [-0.25, -0.2) is 4.39 Å². The minimum absolute atomic E-state index is 0.131. The van der Waals surface area contributed by atoms with Gasteiger partial charge >= 0.3 is 0 Å². The summed E-state index contributed by atoms with van der Waals surface area (Å²) in [7, 11) is 0. The van der Waals surface area contributed by atoms with Crippen LogP contribution in [0.5, 0.6) is 0 Å². The van der Waals surface area contributed by atoms with Crippen LogP contribution in [0.3, 0.4) is 0 Å². The molecule has 0 aliphatic carbocycles. The van der Waals surface area contributed by atoms with Gasteiger partial charge in [0, 0.05) is 30.6 Å². The van der Waals surface area contributed by atoms with E-state index in [0.717, 1.165) is 11.3 Å². The summed E-state index contributed by atoms with van der Waals surface area (Å²) < 4.78 is 13.5. The second kappa shape index (κ2) is 9.00. The number of benzene rings is 2.